The van der Waals surface area contributed by atoms with E-state index in [2.05, 4.69) is 181 Å². The maximum atomic E-state index is 2.37. The molecule has 9 aromatic rings. The molecular formula is C44H29NS. The number of thiophene rings is 1. The van der Waals surface area contributed by atoms with E-state index in [4.69, 9.17) is 0 Å². The van der Waals surface area contributed by atoms with Crippen LogP contribution < -0.4 is 4.90 Å². The zero-order chi connectivity index (χ0) is 30.5. The molecule has 0 spiro atoms. The molecule has 1 aromatic heterocycles. The third-order valence-electron chi connectivity index (χ3n) is 8.99. The molecule has 1 nitrogen and oxygen atoms in total. The average Bonchev–Trinajstić information content (AvgIpc) is 3.50. The van der Waals surface area contributed by atoms with Crippen molar-refractivity contribution in [2.45, 2.75) is 0 Å². The molecule has 9 rings (SSSR count). The number of hydrogen-bond donors (Lipinski definition) is 0. The molecule has 0 aliphatic carbocycles. The molecule has 0 radical (unpaired) electrons. The van der Waals surface area contributed by atoms with E-state index in [-0.39, 0.29) is 0 Å². The Morgan fingerprint density at radius 1 is 0.304 bits per heavy atom. The zero-order valence-corrected chi connectivity index (χ0v) is 25.9. The van der Waals surface area contributed by atoms with Crippen LogP contribution in [0.5, 0.6) is 0 Å². The number of fused-ring (bicyclic) bond motifs is 5. The number of benzene rings is 8. The van der Waals surface area contributed by atoms with Gasteiger partial charge in [-0.15, -0.1) is 11.3 Å². The summed E-state index contributed by atoms with van der Waals surface area (Å²) in [5.74, 6) is 0. The molecule has 2 heteroatoms. The second-order valence-electron chi connectivity index (χ2n) is 11.8. The molecule has 0 aliphatic heterocycles. The second kappa shape index (κ2) is 11.0. The Labute approximate surface area is 272 Å². The minimum atomic E-state index is 1.14. The molecule has 1 heterocycles. The molecule has 0 atom stereocenters. The van der Waals surface area contributed by atoms with E-state index >= 15 is 0 Å². The fourth-order valence-corrected chi connectivity index (χ4v) is 7.76. The van der Waals surface area contributed by atoms with Crippen molar-refractivity contribution in [3.05, 3.63) is 176 Å². The van der Waals surface area contributed by atoms with Crippen LogP contribution in [0.4, 0.5) is 17.1 Å². The molecule has 0 aliphatic rings. The maximum absolute atomic E-state index is 2.37. The summed E-state index contributed by atoms with van der Waals surface area (Å²) in [7, 11) is 0. The molecule has 0 fully saturated rings. The van der Waals surface area contributed by atoms with Gasteiger partial charge < -0.3 is 4.90 Å². The fourth-order valence-electron chi connectivity index (χ4n) is 6.68. The topological polar surface area (TPSA) is 3.24 Å². The lowest BCUT2D eigenvalue weighted by atomic mass is 9.96. The van der Waals surface area contributed by atoms with E-state index in [1.54, 1.807) is 0 Å². The molecule has 0 N–H and O–H groups in total. The predicted octanol–water partition coefficient (Wildman–Crippen LogP) is 13.2. The van der Waals surface area contributed by atoms with Crippen molar-refractivity contribution in [3.63, 3.8) is 0 Å². The summed E-state index contributed by atoms with van der Waals surface area (Å²) in [6.07, 6.45) is 0. The Bertz CT molecular complexity index is 2540. The van der Waals surface area contributed by atoms with Gasteiger partial charge in [-0.3, -0.25) is 0 Å². The van der Waals surface area contributed by atoms with Crippen LogP contribution >= 0.6 is 11.3 Å². The summed E-state index contributed by atoms with van der Waals surface area (Å²) < 4.78 is 2.64. The number of anilines is 3. The number of rotatable bonds is 5. The highest BCUT2D eigenvalue weighted by atomic mass is 32.1. The molecule has 0 saturated carbocycles. The smallest absolute Gasteiger partial charge is 0.0468 e. The van der Waals surface area contributed by atoms with Crippen molar-refractivity contribution in [2.75, 3.05) is 4.90 Å². The monoisotopic (exact) mass is 603 g/mol. The van der Waals surface area contributed by atoms with Crippen LogP contribution in [-0.2, 0) is 0 Å². The van der Waals surface area contributed by atoms with Crippen LogP contribution in [-0.4, -0.2) is 0 Å². The van der Waals surface area contributed by atoms with Gasteiger partial charge in [-0.05, 0) is 111 Å². The number of hydrogen-bond acceptors (Lipinski definition) is 2. The van der Waals surface area contributed by atoms with Crippen molar-refractivity contribution in [3.8, 4) is 22.3 Å². The Morgan fingerprint density at radius 3 is 1.72 bits per heavy atom. The van der Waals surface area contributed by atoms with Crippen molar-refractivity contribution < 1.29 is 0 Å². The fraction of sp³-hybridized carbons (Fsp3) is 0. The molecule has 8 aromatic carbocycles. The third kappa shape index (κ3) is 4.72. The van der Waals surface area contributed by atoms with E-state index in [0.717, 1.165) is 17.1 Å². The van der Waals surface area contributed by atoms with Gasteiger partial charge in [0.25, 0.3) is 0 Å². The summed E-state index contributed by atoms with van der Waals surface area (Å²) in [5, 5.41) is 7.58. The Morgan fingerprint density at radius 2 is 0.891 bits per heavy atom. The van der Waals surface area contributed by atoms with Crippen molar-refractivity contribution in [1.82, 2.24) is 0 Å². The minimum absolute atomic E-state index is 1.14. The van der Waals surface area contributed by atoms with Gasteiger partial charge in [0.05, 0.1) is 0 Å². The second-order valence-corrected chi connectivity index (χ2v) is 12.9. The van der Waals surface area contributed by atoms with Crippen LogP contribution in [0.2, 0.25) is 0 Å². The highest BCUT2D eigenvalue weighted by Gasteiger charge is 2.15. The van der Waals surface area contributed by atoms with Crippen LogP contribution in [0.25, 0.3) is 64.0 Å². The molecule has 46 heavy (non-hydrogen) atoms. The SMILES string of the molecule is c1ccc(N(c2ccc3ccc(-c4cccc(-c5ccc6ccccc6c5)c4)cc3c2)c2ccc3sc4ccccc4c3c2)cc1. The van der Waals surface area contributed by atoms with Gasteiger partial charge >= 0.3 is 0 Å². The predicted molar refractivity (Wildman–Crippen MR) is 200 cm³/mol. The van der Waals surface area contributed by atoms with Crippen LogP contribution in [0.15, 0.2) is 176 Å². The van der Waals surface area contributed by atoms with Crippen LogP contribution in [0.3, 0.4) is 0 Å². The normalized spacial score (nSPS) is 11.5. The van der Waals surface area contributed by atoms with Crippen LogP contribution in [0.1, 0.15) is 0 Å². The first-order chi connectivity index (χ1) is 22.8. The van der Waals surface area contributed by atoms with Gasteiger partial charge in [-0.2, -0.15) is 0 Å². The molecule has 0 amide bonds. The first-order valence-corrected chi connectivity index (χ1v) is 16.5. The lowest BCUT2D eigenvalue weighted by Crippen LogP contribution is -2.09. The standard InChI is InChI=1S/C44H29NS/c1-2-13-38(14-3-1)45(40-23-24-44-42(29-40)41-15-6-7-16-43(41)46-44)39-22-21-31-18-20-36(27-37(31)28-39)34-12-8-11-33(26-34)35-19-17-30-9-4-5-10-32(30)25-35/h1-29H. The molecular weight excluding hydrogens is 575 g/mol. The van der Waals surface area contributed by atoms with Gasteiger partial charge in [0.2, 0.25) is 0 Å². The molecule has 0 bridgehead atoms. The number of nitrogens with zero attached hydrogens (tertiary/aromatic N) is 1. The van der Waals surface area contributed by atoms with Crippen LogP contribution in [0, 0.1) is 0 Å². The summed E-state index contributed by atoms with van der Waals surface area (Å²) in [6.45, 7) is 0. The van der Waals surface area contributed by atoms with Gasteiger partial charge in [-0.1, -0.05) is 109 Å². The van der Waals surface area contributed by atoms with E-state index in [1.165, 1.54) is 64.0 Å². The van der Waals surface area contributed by atoms with E-state index in [1.807, 2.05) is 11.3 Å². The first kappa shape index (κ1) is 26.7. The molecule has 216 valence electrons. The molecule has 0 unspecified atom stereocenters. The van der Waals surface area contributed by atoms with Gasteiger partial charge in [0.15, 0.2) is 0 Å². The van der Waals surface area contributed by atoms with Crippen molar-refractivity contribution in [2.24, 2.45) is 0 Å². The Hall–Kier alpha value is -5.70. The van der Waals surface area contributed by atoms with Gasteiger partial charge in [0, 0.05) is 37.2 Å². The lowest BCUT2D eigenvalue weighted by Gasteiger charge is -2.26. The first-order valence-electron chi connectivity index (χ1n) is 15.7. The summed E-state index contributed by atoms with van der Waals surface area (Å²) in [4.78, 5) is 2.37. The highest BCUT2D eigenvalue weighted by Crippen LogP contribution is 2.41. The molecule has 0 saturated heterocycles. The minimum Gasteiger partial charge on any atom is -0.310 e. The zero-order valence-electron chi connectivity index (χ0n) is 25.1. The maximum Gasteiger partial charge on any atom is 0.0468 e. The lowest BCUT2D eigenvalue weighted by molar-refractivity contribution is 1.30. The van der Waals surface area contributed by atoms with Crippen molar-refractivity contribution in [1.29, 1.82) is 0 Å². The highest BCUT2D eigenvalue weighted by molar-refractivity contribution is 7.25. The van der Waals surface area contributed by atoms with Crippen molar-refractivity contribution >= 4 is 70.1 Å². The van der Waals surface area contributed by atoms with E-state index < -0.39 is 0 Å². The average molecular weight is 604 g/mol. The van der Waals surface area contributed by atoms with E-state index in [9.17, 15) is 0 Å². The number of para-hydroxylation sites is 1. The third-order valence-corrected chi connectivity index (χ3v) is 10.1. The van der Waals surface area contributed by atoms with E-state index in [0.29, 0.717) is 0 Å². The van der Waals surface area contributed by atoms with Gasteiger partial charge in [-0.25, -0.2) is 0 Å². The quantitative estimate of drug-likeness (QED) is 0.189. The summed E-state index contributed by atoms with van der Waals surface area (Å²) >= 11 is 1.86. The summed E-state index contributed by atoms with van der Waals surface area (Å²) in [5.41, 5.74) is 8.32. The summed E-state index contributed by atoms with van der Waals surface area (Å²) in [6, 6.07) is 64.1. The van der Waals surface area contributed by atoms with Gasteiger partial charge in [0.1, 0.15) is 0 Å². The Kier molecular flexibility index (Phi) is 6.40. The largest absolute Gasteiger partial charge is 0.310 e. The Balaban J connectivity index is 1.14.